The largest absolute Gasteiger partial charge is 0.496 e. The van der Waals surface area contributed by atoms with Crippen molar-refractivity contribution in [2.75, 3.05) is 7.11 Å². The second-order valence-corrected chi connectivity index (χ2v) is 4.14. The van der Waals surface area contributed by atoms with Crippen molar-refractivity contribution in [3.8, 4) is 5.75 Å². The summed E-state index contributed by atoms with van der Waals surface area (Å²) in [4.78, 5) is 7.05. The number of rotatable bonds is 3. The number of nitrogens with zero attached hydrogens (tertiary/aromatic N) is 1. The quantitative estimate of drug-likeness (QED) is 0.850. The number of benzene rings is 1. The highest BCUT2D eigenvalue weighted by Crippen LogP contribution is 2.32. The minimum Gasteiger partial charge on any atom is -0.496 e. The molecule has 0 fully saturated rings. The van der Waals surface area contributed by atoms with Crippen molar-refractivity contribution in [2.45, 2.75) is 19.4 Å². The summed E-state index contributed by atoms with van der Waals surface area (Å²) in [7, 11) is 1.62. The number of aliphatic hydroxyl groups is 1. The van der Waals surface area contributed by atoms with Gasteiger partial charge in [-0.3, -0.25) is 0 Å². The van der Waals surface area contributed by atoms with Crippen LogP contribution in [0.15, 0.2) is 30.6 Å². The Hall–Kier alpha value is -1.81. The second-order valence-electron chi connectivity index (χ2n) is 4.14. The van der Waals surface area contributed by atoms with Crippen LogP contribution in [0, 0.1) is 6.92 Å². The Bertz CT molecular complexity index is 504. The molecule has 2 rings (SSSR count). The molecule has 2 N–H and O–H groups in total. The first-order valence-corrected chi connectivity index (χ1v) is 5.43. The van der Waals surface area contributed by atoms with E-state index in [1.54, 1.807) is 26.4 Å². The van der Waals surface area contributed by atoms with Crippen LogP contribution in [0.25, 0.3) is 0 Å². The third-order valence-electron chi connectivity index (χ3n) is 2.99. The molecule has 0 aliphatic heterocycles. The highest BCUT2D eigenvalue weighted by atomic mass is 16.5. The SMILES string of the molecule is COc1cccc(C(C)(O)c2ncc[nH]2)c1C. The number of ether oxygens (including phenoxy) is 1. The number of nitrogens with one attached hydrogen (secondary N) is 1. The van der Waals surface area contributed by atoms with E-state index in [0.717, 1.165) is 16.9 Å². The topological polar surface area (TPSA) is 58.1 Å². The van der Waals surface area contributed by atoms with Crippen molar-refractivity contribution < 1.29 is 9.84 Å². The third kappa shape index (κ3) is 1.91. The zero-order valence-corrected chi connectivity index (χ0v) is 10.2. The minimum absolute atomic E-state index is 0.522. The van der Waals surface area contributed by atoms with Gasteiger partial charge in [0.15, 0.2) is 0 Å². The molecular weight excluding hydrogens is 216 g/mol. The first-order chi connectivity index (χ1) is 8.07. The van der Waals surface area contributed by atoms with Gasteiger partial charge in [-0.2, -0.15) is 0 Å². The van der Waals surface area contributed by atoms with E-state index in [9.17, 15) is 5.11 Å². The Kier molecular flexibility index (Phi) is 2.90. The molecule has 2 aromatic rings. The lowest BCUT2D eigenvalue weighted by atomic mass is 9.91. The van der Waals surface area contributed by atoms with Gasteiger partial charge in [-0.05, 0) is 31.0 Å². The molecule has 1 atom stereocenters. The van der Waals surface area contributed by atoms with Crippen molar-refractivity contribution in [2.24, 2.45) is 0 Å². The molecule has 1 unspecified atom stereocenters. The number of hydrogen-bond donors (Lipinski definition) is 2. The summed E-state index contributed by atoms with van der Waals surface area (Å²) in [5.41, 5.74) is 0.547. The van der Waals surface area contributed by atoms with E-state index in [1.165, 1.54) is 0 Å². The lowest BCUT2D eigenvalue weighted by molar-refractivity contribution is 0.0921. The van der Waals surface area contributed by atoms with Crippen LogP contribution in [0.1, 0.15) is 23.9 Å². The van der Waals surface area contributed by atoms with Gasteiger partial charge in [-0.25, -0.2) is 4.98 Å². The molecular formula is C13H16N2O2. The Morgan fingerprint density at radius 1 is 1.41 bits per heavy atom. The van der Waals surface area contributed by atoms with E-state index in [0.29, 0.717) is 5.82 Å². The van der Waals surface area contributed by atoms with Crippen LogP contribution < -0.4 is 4.74 Å². The molecule has 1 aromatic heterocycles. The van der Waals surface area contributed by atoms with E-state index in [2.05, 4.69) is 9.97 Å². The van der Waals surface area contributed by atoms with Crippen molar-refractivity contribution >= 4 is 0 Å². The Morgan fingerprint density at radius 3 is 2.76 bits per heavy atom. The highest BCUT2D eigenvalue weighted by molar-refractivity contribution is 5.44. The average Bonchev–Trinajstić information content (AvgIpc) is 2.83. The molecule has 0 saturated heterocycles. The van der Waals surface area contributed by atoms with E-state index in [-0.39, 0.29) is 0 Å². The van der Waals surface area contributed by atoms with E-state index in [1.807, 2.05) is 25.1 Å². The first-order valence-electron chi connectivity index (χ1n) is 5.43. The minimum atomic E-state index is -1.15. The number of aromatic amines is 1. The number of methoxy groups -OCH3 is 1. The smallest absolute Gasteiger partial charge is 0.144 e. The predicted molar refractivity (Wildman–Crippen MR) is 65.0 cm³/mol. The predicted octanol–water partition coefficient (Wildman–Crippen LogP) is 1.98. The van der Waals surface area contributed by atoms with Crippen molar-refractivity contribution in [3.63, 3.8) is 0 Å². The molecule has 90 valence electrons. The van der Waals surface area contributed by atoms with Gasteiger partial charge in [0, 0.05) is 12.4 Å². The van der Waals surface area contributed by atoms with Crippen LogP contribution in [0.5, 0.6) is 5.75 Å². The fourth-order valence-corrected chi connectivity index (χ4v) is 2.02. The number of imidazole rings is 1. The molecule has 0 radical (unpaired) electrons. The average molecular weight is 232 g/mol. The Labute approximate surface area is 100 Å². The number of aromatic nitrogens is 2. The van der Waals surface area contributed by atoms with Gasteiger partial charge < -0.3 is 14.8 Å². The maximum absolute atomic E-state index is 10.6. The summed E-state index contributed by atoms with van der Waals surface area (Å²) in [5, 5.41) is 10.6. The van der Waals surface area contributed by atoms with Crippen LogP contribution in [-0.2, 0) is 5.60 Å². The van der Waals surface area contributed by atoms with Crippen LogP contribution in [0.3, 0.4) is 0 Å². The molecule has 17 heavy (non-hydrogen) atoms. The molecule has 4 heteroatoms. The molecule has 0 bridgehead atoms. The number of hydrogen-bond acceptors (Lipinski definition) is 3. The maximum atomic E-state index is 10.6. The Balaban J connectivity index is 2.54. The monoisotopic (exact) mass is 232 g/mol. The standard InChI is InChI=1S/C13H16N2O2/c1-9-10(5-4-6-11(9)17-3)13(2,16)12-14-7-8-15-12/h4-8,16H,1-3H3,(H,14,15). The van der Waals surface area contributed by atoms with Crippen molar-refractivity contribution in [1.29, 1.82) is 0 Å². The molecule has 0 aliphatic rings. The van der Waals surface area contributed by atoms with Gasteiger partial charge >= 0.3 is 0 Å². The first kappa shape index (κ1) is 11.7. The van der Waals surface area contributed by atoms with Crippen LogP contribution >= 0.6 is 0 Å². The molecule has 0 saturated carbocycles. The van der Waals surface area contributed by atoms with E-state index < -0.39 is 5.60 Å². The fourth-order valence-electron chi connectivity index (χ4n) is 2.02. The van der Waals surface area contributed by atoms with Crippen molar-refractivity contribution in [1.82, 2.24) is 9.97 Å². The summed E-state index contributed by atoms with van der Waals surface area (Å²) < 4.78 is 5.26. The fraction of sp³-hybridized carbons (Fsp3) is 0.308. The van der Waals surface area contributed by atoms with Gasteiger partial charge in [0.2, 0.25) is 0 Å². The van der Waals surface area contributed by atoms with Gasteiger partial charge in [0.05, 0.1) is 7.11 Å². The number of H-pyrrole nitrogens is 1. The normalized spacial score (nSPS) is 14.4. The summed E-state index contributed by atoms with van der Waals surface area (Å²) in [5.74, 6) is 1.28. The van der Waals surface area contributed by atoms with Gasteiger partial charge in [0.25, 0.3) is 0 Å². The molecule has 0 amide bonds. The van der Waals surface area contributed by atoms with E-state index >= 15 is 0 Å². The summed E-state index contributed by atoms with van der Waals surface area (Å²) >= 11 is 0. The second kappa shape index (κ2) is 4.22. The third-order valence-corrected chi connectivity index (χ3v) is 2.99. The lowest BCUT2D eigenvalue weighted by Crippen LogP contribution is -2.25. The van der Waals surface area contributed by atoms with Crippen molar-refractivity contribution in [3.05, 3.63) is 47.5 Å². The lowest BCUT2D eigenvalue weighted by Gasteiger charge is -2.24. The van der Waals surface area contributed by atoms with Gasteiger partial charge in [-0.15, -0.1) is 0 Å². The zero-order valence-electron chi connectivity index (χ0n) is 10.2. The van der Waals surface area contributed by atoms with Gasteiger partial charge in [-0.1, -0.05) is 12.1 Å². The van der Waals surface area contributed by atoms with Gasteiger partial charge in [0.1, 0.15) is 17.2 Å². The molecule has 1 aromatic carbocycles. The highest BCUT2D eigenvalue weighted by Gasteiger charge is 2.30. The van der Waals surface area contributed by atoms with Crippen LogP contribution in [-0.4, -0.2) is 22.2 Å². The zero-order chi connectivity index (χ0) is 12.5. The molecule has 1 heterocycles. The molecule has 0 aliphatic carbocycles. The molecule has 4 nitrogen and oxygen atoms in total. The summed E-state index contributed by atoms with van der Waals surface area (Å²) in [6.45, 7) is 3.64. The van der Waals surface area contributed by atoms with Crippen LogP contribution in [0.4, 0.5) is 0 Å². The summed E-state index contributed by atoms with van der Waals surface area (Å²) in [6.07, 6.45) is 3.32. The molecule has 0 spiro atoms. The van der Waals surface area contributed by atoms with Crippen LogP contribution in [0.2, 0.25) is 0 Å². The summed E-state index contributed by atoms with van der Waals surface area (Å²) in [6, 6.07) is 5.61. The maximum Gasteiger partial charge on any atom is 0.144 e. The van der Waals surface area contributed by atoms with E-state index in [4.69, 9.17) is 4.74 Å². The Morgan fingerprint density at radius 2 is 2.18 bits per heavy atom.